The molecule has 2 unspecified atom stereocenters. The lowest BCUT2D eigenvalue weighted by atomic mass is 9.97. The number of carbonyl (C=O) groups excluding carboxylic acids is 1. The molecule has 0 bridgehead atoms. The van der Waals surface area contributed by atoms with Gasteiger partial charge in [0.2, 0.25) is 5.91 Å². The summed E-state index contributed by atoms with van der Waals surface area (Å²) in [6, 6.07) is 2.78. The first-order chi connectivity index (χ1) is 9.88. The van der Waals surface area contributed by atoms with Crippen LogP contribution in [0.15, 0.2) is 12.1 Å². The number of hydrogen-bond acceptors (Lipinski definition) is 4. The summed E-state index contributed by atoms with van der Waals surface area (Å²) >= 11 is 6.24. The van der Waals surface area contributed by atoms with E-state index < -0.39 is 21.1 Å². The average molecular weight is 329 g/mol. The van der Waals surface area contributed by atoms with Crippen molar-refractivity contribution in [1.82, 2.24) is 0 Å². The number of fused-ring (bicyclic) bond motifs is 1. The zero-order valence-corrected chi connectivity index (χ0v) is 13.0. The van der Waals surface area contributed by atoms with Crippen LogP contribution < -0.4 is 11.1 Å². The van der Waals surface area contributed by atoms with Crippen molar-refractivity contribution in [2.45, 2.75) is 37.0 Å². The molecule has 1 aromatic carbocycles. The molecule has 0 radical (unpaired) electrons. The SMILES string of the molecule is NC(c1cc2c(cc1Cl)NC(=O)C2)C1CCCCS1(=O)=O. The van der Waals surface area contributed by atoms with Crippen molar-refractivity contribution in [2.24, 2.45) is 5.73 Å². The summed E-state index contributed by atoms with van der Waals surface area (Å²) in [5.74, 6) is 0.102. The fraction of sp³-hybridized carbons (Fsp3) is 0.500. The molecule has 3 N–H and O–H groups in total. The van der Waals surface area contributed by atoms with Crippen LogP contribution in [0.1, 0.15) is 36.4 Å². The molecule has 1 fully saturated rings. The molecule has 2 atom stereocenters. The van der Waals surface area contributed by atoms with Crippen LogP contribution in [0.25, 0.3) is 0 Å². The minimum atomic E-state index is -3.18. The number of sulfone groups is 1. The Labute approximate surface area is 128 Å². The van der Waals surface area contributed by atoms with Gasteiger partial charge in [-0.15, -0.1) is 0 Å². The van der Waals surface area contributed by atoms with E-state index in [1.807, 2.05) is 0 Å². The maximum Gasteiger partial charge on any atom is 0.228 e. The standard InChI is InChI=1S/C14H17ClN2O3S/c15-10-7-11-8(6-13(18)17-11)5-9(10)14(16)12-3-1-2-4-21(12,19)20/h5,7,12,14H,1-4,6,16H2,(H,17,18). The minimum absolute atomic E-state index is 0.0860. The molecule has 0 aliphatic carbocycles. The number of amides is 1. The molecule has 1 amide bonds. The number of carbonyl (C=O) groups is 1. The fourth-order valence-electron chi connectivity index (χ4n) is 3.11. The molecule has 5 nitrogen and oxygen atoms in total. The monoisotopic (exact) mass is 328 g/mol. The number of anilines is 1. The van der Waals surface area contributed by atoms with E-state index in [1.165, 1.54) is 0 Å². The molecule has 1 saturated heterocycles. The average Bonchev–Trinajstić information content (AvgIpc) is 2.75. The molecule has 2 aliphatic rings. The van der Waals surface area contributed by atoms with E-state index in [1.54, 1.807) is 12.1 Å². The van der Waals surface area contributed by atoms with Crippen LogP contribution in [0.4, 0.5) is 5.69 Å². The van der Waals surface area contributed by atoms with Gasteiger partial charge < -0.3 is 11.1 Å². The Balaban J connectivity index is 1.97. The van der Waals surface area contributed by atoms with Crippen LogP contribution in [0.3, 0.4) is 0 Å². The first kappa shape index (κ1) is 14.8. The highest BCUT2D eigenvalue weighted by molar-refractivity contribution is 7.92. The van der Waals surface area contributed by atoms with Gasteiger partial charge in [0.05, 0.1) is 17.4 Å². The Morgan fingerprint density at radius 2 is 2.10 bits per heavy atom. The Morgan fingerprint density at radius 1 is 1.33 bits per heavy atom. The predicted octanol–water partition coefficient (Wildman–Crippen LogP) is 1.80. The highest BCUT2D eigenvalue weighted by atomic mass is 35.5. The van der Waals surface area contributed by atoms with Crippen LogP contribution in [-0.4, -0.2) is 25.3 Å². The van der Waals surface area contributed by atoms with E-state index in [0.717, 1.165) is 12.0 Å². The second-order valence-corrected chi connectivity index (χ2v) is 8.43. The maximum absolute atomic E-state index is 12.2. The van der Waals surface area contributed by atoms with Gasteiger partial charge in [0.25, 0.3) is 0 Å². The molecule has 3 rings (SSSR count). The van der Waals surface area contributed by atoms with Crippen molar-refractivity contribution >= 4 is 33.0 Å². The van der Waals surface area contributed by atoms with Crippen LogP contribution >= 0.6 is 11.6 Å². The van der Waals surface area contributed by atoms with Crippen LogP contribution in [0.2, 0.25) is 5.02 Å². The molecule has 2 heterocycles. The Morgan fingerprint density at radius 3 is 2.81 bits per heavy atom. The lowest BCUT2D eigenvalue weighted by molar-refractivity contribution is -0.115. The lowest BCUT2D eigenvalue weighted by Crippen LogP contribution is -2.38. The Hall–Kier alpha value is -1.11. The summed E-state index contributed by atoms with van der Waals surface area (Å²) in [6.07, 6.45) is 2.40. The van der Waals surface area contributed by atoms with Crippen LogP contribution in [0, 0.1) is 0 Å². The van der Waals surface area contributed by atoms with Crippen molar-refractivity contribution in [3.8, 4) is 0 Å². The first-order valence-corrected chi connectivity index (χ1v) is 9.07. The normalized spacial score (nSPS) is 25.2. The quantitative estimate of drug-likeness (QED) is 0.866. The van der Waals surface area contributed by atoms with E-state index >= 15 is 0 Å². The first-order valence-electron chi connectivity index (χ1n) is 6.98. The second-order valence-electron chi connectivity index (χ2n) is 5.68. The van der Waals surface area contributed by atoms with Gasteiger partial charge in [0.15, 0.2) is 9.84 Å². The van der Waals surface area contributed by atoms with Crippen molar-refractivity contribution in [3.05, 3.63) is 28.3 Å². The molecule has 0 spiro atoms. The maximum atomic E-state index is 12.2. The van der Waals surface area contributed by atoms with E-state index in [-0.39, 0.29) is 18.1 Å². The summed E-state index contributed by atoms with van der Waals surface area (Å²) in [5, 5.41) is 2.53. The molecule has 0 aromatic heterocycles. The molecular formula is C14H17ClN2O3S. The Bertz CT molecular complexity index is 702. The van der Waals surface area contributed by atoms with E-state index in [2.05, 4.69) is 5.32 Å². The van der Waals surface area contributed by atoms with Gasteiger partial charge in [0, 0.05) is 16.8 Å². The number of halogens is 1. The summed E-state index contributed by atoms with van der Waals surface area (Å²) < 4.78 is 24.4. The van der Waals surface area contributed by atoms with Gasteiger partial charge in [-0.25, -0.2) is 8.42 Å². The van der Waals surface area contributed by atoms with Gasteiger partial charge >= 0.3 is 0 Å². The van der Waals surface area contributed by atoms with Crippen LogP contribution in [0.5, 0.6) is 0 Å². The lowest BCUT2D eigenvalue weighted by Gasteiger charge is -2.28. The molecule has 0 saturated carbocycles. The molecule has 1 aromatic rings. The van der Waals surface area contributed by atoms with Gasteiger partial charge in [-0.3, -0.25) is 4.79 Å². The molecule has 7 heteroatoms. The highest BCUT2D eigenvalue weighted by Crippen LogP contribution is 2.36. The Kier molecular flexibility index (Phi) is 3.71. The summed E-state index contributed by atoms with van der Waals surface area (Å²) in [5.41, 5.74) is 8.33. The van der Waals surface area contributed by atoms with Gasteiger partial charge in [-0.1, -0.05) is 24.1 Å². The number of benzene rings is 1. The number of nitrogens with two attached hydrogens (primary N) is 1. The molecule has 2 aliphatic heterocycles. The summed E-state index contributed by atoms with van der Waals surface area (Å²) in [7, 11) is -3.18. The molecule has 21 heavy (non-hydrogen) atoms. The van der Waals surface area contributed by atoms with Gasteiger partial charge in [0.1, 0.15) is 0 Å². The van der Waals surface area contributed by atoms with Crippen LogP contribution in [-0.2, 0) is 21.1 Å². The van der Waals surface area contributed by atoms with Gasteiger partial charge in [-0.05, 0) is 30.0 Å². The zero-order valence-electron chi connectivity index (χ0n) is 11.4. The van der Waals surface area contributed by atoms with Crippen molar-refractivity contribution < 1.29 is 13.2 Å². The number of nitrogens with one attached hydrogen (secondary N) is 1. The van der Waals surface area contributed by atoms with E-state index in [9.17, 15) is 13.2 Å². The van der Waals surface area contributed by atoms with Crippen molar-refractivity contribution in [3.63, 3.8) is 0 Å². The van der Waals surface area contributed by atoms with E-state index in [0.29, 0.717) is 29.1 Å². The number of hydrogen-bond donors (Lipinski definition) is 2. The summed E-state index contributed by atoms with van der Waals surface area (Å²) in [6.45, 7) is 0. The minimum Gasteiger partial charge on any atom is -0.325 e. The van der Waals surface area contributed by atoms with Crippen molar-refractivity contribution in [1.29, 1.82) is 0 Å². The largest absolute Gasteiger partial charge is 0.325 e. The fourth-order valence-corrected chi connectivity index (χ4v) is 5.42. The van der Waals surface area contributed by atoms with E-state index in [4.69, 9.17) is 17.3 Å². The molecular weight excluding hydrogens is 312 g/mol. The van der Waals surface area contributed by atoms with Gasteiger partial charge in [-0.2, -0.15) is 0 Å². The second kappa shape index (κ2) is 5.26. The third-order valence-corrected chi connectivity index (χ3v) is 6.87. The zero-order chi connectivity index (χ0) is 15.2. The number of rotatable bonds is 2. The smallest absolute Gasteiger partial charge is 0.228 e. The molecule has 114 valence electrons. The third kappa shape index (κ3) is 2.67. The predicted molar refractivity (Wildman–Crippen MR) is 82.1 cm³/mol. The topological polar surface area (TPSA) is 89.3 Å². The highest BCUT2D eigenvalue weighted by Gasteiger charge is 2.36. The summed E-state index contributed by atoms with van der Waals surface area (Å²) in [4.78, 5) is 11.4. The van der Waals surface area contributed by atoms with Crippen molar-refractivity contribution in [2.75, 3.05) is 11.1 Å². The third-order valence-electron chi connectivity index (χ3n) is 4.24.